The fourth-order valence-corrected chi connectivity index (χ4v) is 2.51. The van der Waals surface area contributed by atoms with Crippen molar-refractivity contribution in [2.45, 2.75) is 6.42 Å². The summed E-state index contributed by atoms with van der Waals surface area (Å²) in [7, 11) is 1.51. The van der Waals surface area contributed by atoms with Crippen LogP contribution in [-0.4, -0.2) is 35.5 Å². The molecule has 2 aromatic carbocycles. The molecule has 0 unspecified atom stereocenters. The van der Waals surface area contributed by atoms with E-state index >= 15 is 0 Å². The molecule has 3 aromatic rings. The Bertz CT molecular complexity index is 876. The average Bonchev–Trinajstić information content (AvgIpc) is 2.70. The maximum absolute atomic E-state index is 12.1. The molecule has 6 nitrogen and oxygen atoms in total. The van der Waals surface area contributed by atoms with Crippen molar-refractivity contribution < 1.29 is 13.9 Å². The number of nitrogens with zero attached hydrogens (tertiary/aromatic N) is 3. The van der Waals surface area contributed by atoms with Crippen molar-refractivity contribution >= 4 is 17.5 Å². The normalized spacial score (nSPS) is 10.5. The maximum atomic E-state index is 12.1. The van der Waals surface area contributed by atoms with E-state index in [1.807, 2.05) is 24.3 Å². The highest BCUT2D eigenvalue weighted by molar-refractivity contribution is 6.30. The first-order valence-corrected chi connectivity index (χ1v) is 8.63. The van der Waals surface area contributed by atoms with E-state index in [0.717, 1.165) is 17.5 Å². The molecule has 0 bridgehead atoms. The van der Waals surface area contributed by atoms with Gasteiger partial charge >= 0.3 is 6.01 Å². The molecule has 0 radical (unpaired) electrons. The van der Waals surface area contributed by atoms with E-state index in [-0.39, 0.29) is 6.01 Å². The number of alkyl halides is 1. The standard InChI is InChI=1S/C19H18ClFN4O2/c1-26-19-24-17(14-4-6-15(20)7-5-14)23-18(25-19)22-11-10-13-2-8-16(9-3-13)27-12-21/h2-9H,10-12H2,1H3,(H,22,23,24,25). The van der Waals surface area contributed by atoms with Crippen molar-refractivity contribution in [1.29, 1.82) is 0 Å². The summed E-state index contributed by atoms with van der Waals surface area (Å²) in [5.41, 5.74) is 1.89. The van der Waals surface area contributed by atoms with Crippen LogP contribution in [0, 0.1) is 0 Å². The SMILES string of the molecule is COc1nc(NCCc2ccc(OCF)cc2)nc(-c2ccc(Cl)cc2)n1. The number of anilines is 1. The highest BCUT2D eigenvalue weighted by Crippen LogP contribution is 2.21. The summed E-state index contributed by atoms with van der Waals surface area (Å²) in [6.07, 6.45) is 0.736. The van der Waals surface area contributed by atoms with Crippen molar-refractivity contribution in [3.05, 3.63) is 59.1 Å². The van der Waals surface area contributed by atoms with Crippen molar-refractivity contribution in [2.24, 2.45) is 0 Å². The minimum absolute atomic E-state index is 0.227. The second-order valence-electron chi connectivity index (χ2n) is 5.55. The molecule has 0 aliphatic carbocycles. The van der Waals surface area contributed by atoms with Gasteiger partial charge in [-0.3, -0.25) is 0 Å². The van der Waals surface area contributed by atoms with E-state index in [1.165, 1.54) is 7.11 Å². The second kappa shape index (κ2) is 9.14. The summed E-state index contributed by atoms with van der Waals surface area (Å²) in [4.78, 5) is 12.9. The van der Waals surface area contributed by atoms with Crippen LogP contribution in [0.15, 0.2) is 48.5 Å². The lowest BCUT2D eigenvalue weighted by Crippen LogP contribution is -2.10. The molecule has 1 heterocycles. The zero-order valence-corrected chi connectivity index (χ0v) is 15.4. The molecular weight excluding hydrogens is 371 g/mol. The Labute approximate surface area is 161 Å². The van der Waals surface area contributed by atoms with Gasteiger partial charge in [-0.15, -0.1) is 0 Å². The van der Waals surface area contributed by atoms with Gasteiger partial charge in [-0.2, -0.15) is 15.0 Å². The fourth-order valence-electron chi connectivity index (χ4n) is 2.39. The lowest BCUT2D eigenvalue weighted by molar-refractivity contribution is 0.191. The Morgan fingerprint density at radius 2 is 1.74 bits per heavy atom. The molecule has 0 aliphatic rings. The van der Waals surface area contributed by atoms with Gasteiger partial charge in [0.2, 0.25) is 12.8 Å². The van der Waals surface area contributed by atoms with Crippen LogP contribution in [0.5, 0.6) is 11.8 Å². The summed E-state index contributed by atoms with van der Waals surface area (Å²) >= 11 is 5.93. The summed E-state index contributed by atoms with van der Waals surface area (Å²) in [5, 5.41) is 3.81. The number of hydrogen-bond donors (Lipinski definition) is 1. The lowest BCUT2D eigenvalue weighted by Gasteiger charge is -2.09. The first-order valence-electron chi connectivity index (χ1n) is 8.25. The smallest absolute Gasteiger partial charge is 0.321 e. The molecule has 140 valence electrons. The first-order chi connectivity index (χ1) is 13.2. The predicted octanol–water partition coefficient (Wildman–Crippen LogP) is 4.16. The van der Waals surface area contributed by atoms with E-state index in [2.05, 4.69) is 20.3 Å². The van der Waals surface area contributed by atoms with Crippen LogP contribution in [-0.2, 0) is 6.42 Å². The summed E-state index contributed by atoms with van der Waals surface area (Å²) in [5.74, 6) is 1.42. The minimum Gasteiger partial charge on any atom is -0.467 e. The number of ether oxygens (including phenoxy) is 2. The van der Waals surface area contributed by atoms with Crippen LogP contribution in [0.25, 0.3) is 11.4 Å². The van der Waals surface area contributed by atoms with Gasteiger partial charge in [-0.25, -0.2) is 4.39 Å². The van der Waals surface area contributed by atoms with Crippen LogP contribution in [0.2, 0.25) is 5.02 Å². The van der Waals surface area contributed by atoms with Gasteiger partial charge in [0.05, 0.1) is 7.11 Å². The van der Waals surface area contributed by atoms with Gasteiger partial charge in [0.1, 0.15) is 5.75 Å². The number of nitrogens with one attached hydrogen (secondary N) is 1. The van der Waals surface area contributed by atoms with E-state index in [9.17, 15) is 4.39 Å². The second-order valence-corrected chi connectivity index (χ2v) is 5.99. The number of rotatable bonds is 8. The highest BCUT2D eigenvalue weighted by atomic mass is 35.5. The van der Waals surface area contributed by atoms with E-state index < -0.39 is 6.86 Å². The zero-order valence-electron chi connectivity index (χ0n) is 14.7. The van der Waals surface area contributed by atoms with Gasteiger partial charge in [-0.05, 0) is 48.4 Å². The lowest BCUT2D eigenvalue weighted by atomic mass is 10.1. The molecule has 0 amide bonds. The molecule has 0 fully saturated rings. The number of benzene rings is 2. The van der Waals surface area contributed by atoms with Gasteiger partial charge in [0.15, 0.2) is 5.82 Å². The molecule has 1 N–H and O–H groups in total. The molecule has 0 saturated carbocycles. The summed E-state index contributed by atoms with van der Waals surface area (Å²) in [6.45, 7) is -0.228. The Kier molecular flexibility index (Phi) is 6.38. The third-order valence-electron chi connectivity index (χ3n) is 3.74. The number of halogens is 2. The Hall–Kier alpha value is -2.93. The van der Waals surface area contributed by atoms with Gasteiger partial charge in [-0.1, -0.05) is 23.7 Å². The van der Waals surface area contributed by atoms with Crippen LogP contribution in [0.4, 0.5) is 10.3 Å². The van der Waals surface area contributed by atoms with Crippen LogP contribution in [0.3, 0.4) is 0 Å². The summed E-state index contributed by atoms with van der Waals surface area (Å²) in [6, 6.07) is 14.7. The zero-order chi connectivity index (χ0) is 19.1. The molecule has 0 spiro atoms. The Morgan fingerprint density at radius 3 is 2.41 bits per heavy atom. The van der Waals surface area contributed by atoms with E-state index in [0.29, 0.717) is 29.1 Å². The maximum Gasteiger partial charge on any atom is 0.321 e. The minimum atomic E-state index is -0.835. The fraction of sp³-hybridized carbons (Fsp3) is 0.211. The molecule has 0 saturated heterocycles. The number of methoxy groups -OCH3 is 1. The Morgan fingerprint density at radius 1 is 1.00 bits per heavy atom. The van der Waals surface area contributed by atoms with Crippen molar-refractivity contribution in [3.63, 3.8) is 0 Å². The topological polar surface area (TPSA) is 69.2 Å². The first kappa shape index (κ1) is 18.8. The van der Waals surface area contributed by atoms with Gasteiger partial charge in [0, 0.05) is 17.1 Å². The molecular formula is C19H18ClFN4O2. The predicted molar refractivity (Wildman–Crippen MR) is 102 cm³/mol. The quantitative estimate of drug-likeness (QED) is 0.624. The van der Waals surface area contributed by atoms with Gasteiger partial charge in [0.25, 0.3) is 0 Å². The number of hydrogen-bond acceptors (Lipinski definition) is 6. The average molecular weight is 389 g/mol. The van der Waals surface area contributed by atoms with Gasteiger partial charge < -0.3 is 14.8 Å². The molecule has 8 heteroatoms. The largest absolute Gasteiger partial charge is 0.467 e. The third-order valence-corrected chi connectivity index (χ3v) is 3.99. The molecule has 27 heavy (non-hydrogen) atoms. The van der Waals surface area contributed by atoms with E-state index in [4.69, 9.17) is 21.1 Å². The highest BCUT2D eigenvalue weighted by Gasteiger charge is 2.09. The summed E-state index contributed by atoms with van der Waals surface area (Å²) < 4.78 is 22.1. The van der Waals surface area contributed by atoms with Crippen LogP contribution in [0.1, 0.15) is 5.56 Å². The number of aromatic nitrogens is 3. The monoisotopic (exact) mass is 388 g/mol. The molecule has 3 rings (SSSR count). The van der Waals surface area contributed by atoms with Crippen molar-refractivity contribution in [3.8, 4) is 23.1 Å². The van der Waals surface area contributed by atoms with Crippen LogP contribution >= 0.6 is 11.6 Å². The van der Waals surface area contributed by atoms with Crippen molar-refractivity contribution in [2.75, 3.05) is 25.8 Å². The third kappa shape index (κ3) is 5.27. The molecule has 0 atom stereocenters. The van der Waals surface area contributed by atoms with Crippen LogP contribution < -0.4 is 14.8 Å². The molecule has 0 aliphatic heterocycles. The van der Waals surface area contributed by atoms with E-state index in [1.54, 1.807) is 24.3 Å². The molecule has 1 aromatic heterocycles. The van der Waals surface area contributed by atoms with Crippen molar-refractivity contribution in [1.82, 2.24) is 15.0 Å². The Balaban J connectivity index is 1.67.